The molecule has 2 N–H and O–H groups in total. The molecule has 0 bridgehead atoms. The van der Waals surface area contributed by atoms with Gasteiger partial charge in [0.25, 0.3) is 0 Å². The third-order valence-corrected chi connectivity index (χ3v) is 3.38. The fraction of sp³-hybridized carbons (Fsp3) is 0.571. The lowest BCUT2D eigenvalue weighted by Gasteiger charge is -2.29. The summed E-state index contributed by atoms with van der Waals surface area (Å²) in [6, 6.07) is 4.26. The van der Waals surface area contributed by atoms with Gasteiger partial charge in [0, 0.05) is 6.04 Å². The Kier molecular flexibility index (Phi) is 4.09. The molecule has 0 radical (unpaired) electrons. The van der Waals surface area contributed by atoms with Crippen molar-refractivity contribution in [1.82, 2.24) is 5.32 Å². The average Bonchev–Trinajstić information content (AvgIpc) is 2.37. The number of benzene rings is 1. The Morgan fingerprint density at radius 2 is 2.00 bits per heavy atom. The number of methoxy groups -OCH3 is 2. The molecule has 1 aliphatic heterocycles. The number of ether oxygens (including phenoxy) is 2. The van der Waals surface area contributed by atoms with E-state index in [2.05, 4.69) is 5.32 Å². The van der Waals surface area contributed by atoms with Crippen molar-refractivity contribution in [3.8, 4) is 11.5 Å². The van der Waals surface area contributed by atoms with Crippen LogP contribution in [0, 0.1) is 0 Å². The van der Waals surface area contributed by atoms with Gasteiger partial charge in [-0.3, -0.25) is 0 Å². The number of hydrogen-bond donors (Lipinski definition) is 2. The van der Waals surface area contributed by atoms with Crippen molar-refractivity contribution in [3.63, 3.8) is 0 Å². The second-order valence-corrected chi connectivity index (χ2v) is 4.75. The highest BCUT2D eigenvalue weighted by Crippen LogP contribution is 2.36. The summed E-state index contributed by atoms with van der Waals surface area (Å²) in [6.45, 7) is 2.75. The third kappa shape index (κ3) is 2.60. The molecule has 0 spiro atoms. The van der Waals surface area contributed by atoms with Gasteiger partial charge in [-0.05, 0) is 49.6 Å². The van der Waals surface area contributed by atoms with E-state index in [0.29, 0.717) is 6.42 Å². The number of hydrogen-bond acceptors (Lipinski definition) is 4. The van der Waals surface area contributed by atoms with Crippen molar-refractivity contribution >= 4 is 0 Å². The largest absolute Gasteiger partial charge is 0.493 e. The van der Waals surface area contributed by atoms with Crippen molar-refractivity contribution in [3.05, 3.63) is 23.3 Å². The smallest absolute Gasteiger partial charge is 0.161 e. The predicted octanol–water partition coefficient (Wildman–Crippen LogP) is 1.66. The molecule has 1 aromatic carbocycles. The van der Waals surface area contributed by atoms with Crippen molar-refractivity contribution in [2.24, 2.45) is 0 Å². The summed E-state index contributed by atoms with van der Waals surface area (Å²) in [6.07, 6.45) is 1.37. The van der Waals surface area contributed by atoms with Crippen LogP contribution in [0.5, 0.6) is 11.5 Å². The normalized spacial score (nSPS) is 20.1. The quantitative estimate of drug-likeness (QED) is 0.854. The van der Waals surface area contributed by atoms with Gasteiger partial charge in [0.15, 0.2) is 11.5 Å². The first kappa shape index (κ1) is 13.2. The zero-order valence-electron chi connectivity index (χ0n) is 11.2. The van der Waals surface area contributed by atoms with E-state index in [0.717, 1.165) is 24.5 Å². The Balaban J connectivity index is 2.37. The van der Waals surface area contributed by atoms with Gasteiger partial charge in [-0.2, -0.15) is 0 Å². The summed E-state index contributed by atoms with van der Waals surface area (Å²) < 4.78 is 10.7. The van der Waals surface area contributed by atoms with Gasteiger partial charge in [0.1, 0.15) is 0 Å². The highest BCUT2D eigenvalue weighted by Gasteiger charge is 2.23. The Labute approximate surface area is 108 Å². The number of aliphatic hydroxyl groups excluding tert-OH is 1. The Bertz CT molecular complexity index is 418. The number of nitrogens with one attached hydrogen (secondary N) is 1. The van der Waals surface area contributed by atoms with E-state index in [-0.39, 0.29) is 12.1 Å². The topological polar surface area (TPSA) is 50.7 Å². The first-order valence-corrected chi connectivity index (χ1v) is 6.32. The van der Waals surface area contributed by atoms with E-state index in [9.17, 15) is 5.11 Å². The maximum absolute atomic E-state index is 9.56. The van der Waals surface area contributed by atoms with E-state index >= 15 is 0 Å². The van der Waals surface area contributed by atoms with E-state index < -0.39 is 0 Å². The van der Waals surface area contributed by atoms with Crippen molar-refractivity contribution in [1.29, 1.82) is 0 Å². The number of aliphatic hydroxyl groups is 1. The molecule has 4 heteroatoms. The van der Waals surface area contributed by atoms with Crippen LogP contribution < -0.4 is 14.8 Å². The summed E-state index contributed by atoms with van der Waals surface area (Å²) in [5.74, 6) is 1.52. The van der Waals surface area contributed by atoms with Crippen LogP contribution in [0.2, 0.25) is 0 Å². The Hall–Kier alpha value is -1.26. The molecule has 0 amide bonds. The number of rotatable bonds is 4. The molecule has 0 aromatic heterocycles. The highest BCUT2D eigenvalue weighted by molar-refractivity contribution is 5.49. The molecular formula is C14H21NO3. The fourth-order valence-corrected chi connectivity index (χ4v) is 2.52. The summed E-state index contributed by atoms with van der Waals surface area (Å²) in [5, 5.41) is 13.0. The Morgan fingerprint density at radius 3 is 2.61 bits per heavy atom. The van der Waals surface area contributed by atoms with Crippen LogP contribution in [0.4, 0.5) is 0 Å². The second-order valence-electron chi connectivity index (χ2n) is 4.75. The molecule has 18 heavy (non-hydrogen) atoms. The average molecular weight is 251 g/mol. The van der Waals surface area contributed by atoms with Crippen LogP contribution in [0.1, 0.15) is 30.5 Å². The molecule has 1 aliphatic rings. The zero-order valence-corrected chi connectivity index (χ0v) is 11.2. The molecule has 2 rings (SSSR count). The summed E-state index contributed by atoms with van der Waals surface area (Å²) in [5.41, 5.74) is 2.48. The molecule has 0 saturated heterocycles. The van der Waals surface area contributed by atoms with Gasteiger partial charge < -0.3 is 19.9 Å². The van der Waals surface area contributed by atoms with Crippen molar-refractivity contribution in [2.75, 3.05) is 20.8 Å². The number of fused-ring (bicyclic) bond motifs is 1. The minimum absolute atomic E-state index is 0.188. The third-order valence-electron chi connectivity index (χ3n) is 3.38. The maximum Gasteiger partial charge on any atom is 0.161 e. The molecule has 0 saturated carbocycles. The summed E-state index contributed by atoms with van der Waals surface area (Å²) >= 11 is 0. The lowest BCUT2D eigenvalue weighted by molar-refractivity contribution is 0.166. The first-order valence-electron chi connectivity index (χ1n) is 6.32. The van der Waals surface area contributed by atoms with Gasteiger partial charge in [-0.15, -0.1) is 0 Å². The summed E-state index contributed by atoms with van der Waals surface area (Å²) in [7, 11) is 3.29. The Morgan fingerprint density at radius 1 is 1.33 bits per heavy atom. The van der Waals surface area contributed by atoms with Crippen molar-refractivity contribution in [2.45, 2.75) is 31.9 Å². The first-order chi connectivity index (χ1) is 8.65. The molecule has 100 valence electrons. The van der Waals surface area contributed by atoms with E-state index in [1.54, 1.807) is 14.2 Å². The van der Waals surface area contributed by atoms with E-state index in [1.807, 2.05) is 19.1 Å². The minimum atomic E-state index is -0.318. The van der Waals surface area contributed by atoms with Gasteiger partial charge in [-0.25, -0.2) is 0 Å². The van der Waals surface area contributed by atoms with Crippen LogP contribution in [-0.4, -0.2) is 32.0 Å². The molecule has 1 aromatic rings. The van der Waals surface area contributed by atoms with Crippen LogP contribution in [0.3, 0.4) is 0 Å². The molecule has 4 nitrogen and oxygen atoms in total. The zero-order chi connectivity index (χ0) is 13.1. The van der Waals surface area contributed by atoms with Crippen LogP contribution in [0.15, 0.2) is 12.1 Å². The highest BCUT2D eigenvalue weighted by atomic mass is 16.5. The SMILES string of the molecule is COc1cc2c(cc1OC)[C@H](C[C@H](C)O)NCC2. The molecule has 2 atom stereocenters. The fourth-order valence-electron chi connectivity index (χ4n) is 2.52. The van der Waals surface area contributed by atoms with Crippen LogP contribution in [-0.2, 0) is 6.42 Å². The van der Waals surface area contributed by atoms with Crippen molar-refractivity contribution < 1.29 is 14.6 Å². The predicted molar refractivity (Wildman–Crippen MR) is 70.3 cm³/mol. The minimum Gasteiger partial charge on any atom is -0.493 e. The van der Waals surface area contributed by atoms with Gasteiger partial charge in [0.2, 0.25) is 0 Å². The van der Waals surface area contributed by atoms with Gasteiger partial charge >= 0.3 is 0 Å². The lowest BCUT2D eigenvalue weighted by atomic mass is 9.90. The molecule has 0 aliphatic carbocycles. The maximum atomic E-state index is 9.56. The van der Waals surface area contributed by atoms with Gasteiger partial charge in [0.05, 0.1) is 20.3 Å². The van der Waals surface area contributed by atoms with Crippen LogP contribution in [0.25, 0.3) is 0 Å². The van der Waals surface area contributed by atoms with E-state index in [1.165, 1.54) is 11.1 Å². The second kappa shape index (κ2) is 5.59. The van der Waals surface area contributed by atoms with Crippen LogP contribution >= 0.6 is 0 Å². The molecule has 0 unspecified atom stereocenters. The van der Waals surface area contributed by atoms with E-state index in [4.69, 9.17) is 9.47 Å². The lowest BCUT2D eigenvalue weighted by Crippen LogP contribution is -2.31. The monoisotopic (exact) mass is 251 g/mol. The molecular weight excluding hydrogens is 230 g/mol. The standard InChI is InChI=1S/C14H21NO3/c1-9(16)6-12-11-8-14(18-3)13(17-2)7-10(11)4-5-15-12/h7-9,12,15-16H,4-6H2,1-3H3/t9-,12-/m0/s1. The molecule has 0 fully saturated rings. The van der Waals surface area contributed by atoms with Gasteiger partial charge in [-0.1, -0.05) is 0 Å². The molecule has 1 heterocycles. The summed E-state index contributed by atoms with van der Waals surface area (Å²) in [4.78, 5) is 0.